The Hall–Kier alpha value is -1.58. The Morgan fingerprint density at radius 2 is 1.78 bits per heavy atom. The predicted molar refractivity (Wildman–Crippen MR) is 80.3 cm³/mol. The molecule has 2 nitrogen and oxygen atoms in total. The van der Waals surface area contributed by atoms with Crippen LogP contribution in [0.15, 0.2) is 48.5 Å². The third-order valence-electron chi connectivity index (χ3n) is 2.97. The van der Waals surface area contributed by atoms with E-state index in [1.807, 2.05) is 42.5 Å². The molecule has 0 amide bonds. The van der Waals surface area contributed by atoms with Gasteiger partial charge in [0.1, 0.15) is 0 Å². The summed E-state index contributed by atoms with van der Waals surface area (Å²) >= 11 is 11.3. The Kier molecular flexibility index (Phi) is 2.94. The molecule has 0 saturated carbocycles. The highest BCUT2D eigenvalue weighted by atomic mass is 35.5. The molecule has 0 aliphatic carbocycles. The fourth-order valence-electron chi connectivity index (χ4n) is 2.03. The first-order valence-electron chi connectivity index (χ1n) is 5.66. The van der Waals surface area contributed by atoms with Crippen molar-refractivity contribution in [2.45, 2.75) is 6.54 Å². The lowest BCUT2D eigenvalue weighted by Gasteiger charge is -2.31. The lowest BCUT2D eigenvalue weighted by Crippen LogP contribution is -2.38. The first-order chi connectivity index (χ1) is 8.74. The molecular weight excluding hydrogens is 264 g/mol. The van der Waals surface area contributed by atoms with Gasteiger partial charge in [-0.2, -0.15) is 0 Å². The third-order valence-corrected chi connectivity index (χ3v) is 3.55. The van der Waals surface area contributed by atoms with Crippen LogP contribution in [0.4, 0.5) is 11.4 Å². The van der Waals surface area contributed by atoms with E-state index in [-0.39, 0.29) is 0 Å². The van der Waals surface area contributed by atoms with Crippen LogP contribution in [0.2, 0.25) is 5.02 Å². The number of fused-ring (bicyclic) bond motifs is 1. The number of anilines is 2. The molecule has 0 atom stereocenters. The summed E-state index contributed by atoms with van der Waals surface area (Å²) < 4.78 is 0. The van der Waals surface area contributed by atoms with E-state index < -0.39 is 0 Å². The topological polar surface area (TPSA) is 15.3 Å². The number of hydrogen-bond donors (Lipinski definition) is 1. The average molecular weight is 275 g/mol. The fraction of sp³-hybridized carbons (Fsp3) is 0.0714. The van der Waals surface area contributed by atoms with Crippen molar-refractivity contribution in [3.63, 3.8) is 0 Å². The summed E-state index contributed by atoms with van der Waals surface area (Å²) in [5, 5.41) is 4.70. The molecule has 0 unspecified atom stereocenters. The van der Waals surface area contributed by atoms with Gasteiger partial charge in [0.15, 0.2) is 5.11 Å². The van der Waals surface area contributed by atoms with Gasteiger partial charge in [-0.05, 0) is 48.1 Å². The quantitative estimate of drug-likeness (QED) is 0.790. The molecule has 0 aromatic heterocycles. The maximum atomic E-state index is 5.90. The van der Waals surface area contributed by atoms with Gasteiger partial charge in [0, 0.05) is 16.4 Å². The van der Waals surface area contributed by atoms with Crippen LogP contribution in [-0.2, 0) is 6.54 Å². The molecule has 1 aliphatic heterocycles. The Morgan fingerprint density at radius 1 is 1.06 bits per heavy atom. The Morgan fingerprint density at radius 3 is 2.56 bits per heavy atom. The van der Waals surface area contributed by atoms with Gasteiger partial charge in [-0.3, -0.25) is 0 Å². The molecule has 0 bridgehead atoms. The second-order valence-corrected chi connectivity index (χ2v) is 4.97. The van der Waals surface area contributed by atoms with Gasteiger partial charge in [0.05, 0.1) is 6.54 Å². The van der Waals surface area contributed by atoms with Gasteiger partial charge in [0.25, 0.3) is 0 Å². The maximum absolute atomic E-state index is 5.90. The van der Waals surface area contributed by atoms with E-state index in [1.54, 1.807) is 0 Å². The van der Waals surface area contributed by atoms with Crippen LogP contribution in [0, 0.1) is 0 Å². The molecule has 4 heteroatoms. The standard InChI is InChI=1S/C14H11ClN2S/c15-11-5-7-12(8-6-11)17-9-10-3-1-2-4-13(10)16-14(17)18/h1-8H,9H2,(H,16,18). The van der Waals surface area contributed by atoms with Crippen molar-refractivity contribution in [1.29, 1.82) is 0 Å². The number of halogens is 1. The number of para-hydroxylation sites is 1. The van der Waals surface area contributed by atoms with Crippen molar-refractivity contribution in [3.05, 3.63) is 59.1 Å². The molecule has 0 saturated heterocycles. The summed E-state index contributed by atoms with van der Waals surface area (Å²) in [5.74, 6) is 0. The number of benzene rings is 2. The summed E-state index contributed by atoms with van der Waals surface area (Å²) in [6, 6.07) is 15.9. The third kappa shape index (κ3) is 2.07. The summed E-state index contributed by atoms with van der Waals surface area (Å²) in [6.45, 7) is 0.781. The van der Waals surface area contributed by atoms with Gasteiger partial charge < -0.3 is 10.2 Å². The largest absolute Gasteiger partial charge is 0.332 e. The summed E-state index contributed by atoms with van der Waals surface area (Å²) in [7, 11) is 0. The molecule has 1 heterocycles. The summed E-state index contributed by atoms with van der Waals surface area (Å²) in [6.07, 6.45) is 0. The summed E-state index contributed by atoms with van der Waals surface area (Å²) in [5.41, 5.74) is 3.38. The van der Waals surface area contributed by atoms with Gasteiger partial charge in [-0.15, -0.1) is 0 Å². The van der Waals surface area contributed by atoms with Crippen molar-refractivity contribution < 1.29 is 0 Å². The first kappa shape index (κ1) is 11.5. The number of hydrogen-bond acceptors (Lipinski definition) is 1. The smallest absolute Gasteiger partial charge is 0.178 e. The van der Waals surface area contributed by atoms with Crippen LogP contribution in [0.3, 0.4) is 0 Å². The minimum absolute atomic E-state index is 0.719. The minimum atomic E-state index is 0.719. The highest BCUT2D eigenvalue weighted by Gasteiger charge is 2.20. The monoisotopic (exact) mass is 274 g/mol. The van der Waals surface area contributed by atoms with E-state index in [0.29, 0.717) is 0 Å². The van der Waals surface area contributed by atoms with E-state index in [1.165, 1.54) is 5.56 Å². The normalized spacial score (nSPS) is 14.1. The Balaban J connectivity index is 1.95. The number of nitrogens with one attached hydrogen (secondary N) is 1. The molecule has 90 valence electrons. The van der Waals surface area contributed by atoms with Crippen molar-refractivity contribution in [3.8, 4) is 0 Å². The second-order valence-electron chi connectivity index (χ2n) is 4.15. The lowest BCUT2D eigenvalue weighted by molar-refractivity contribution is 0.995. The minimum Gasteiger partial charge on any atom is -0.332 e. The molecule has 0 radical (unpaired) electrons. The van der Waals surface area contributed by atoms with Gasteiger partial charge in [0.2, 0.25) is 0 Å². The van der Waals surface area contributed by atoms with Crippen LogP contribution in [0.1, 0.15) is 5.56 Å². The number of thiocarbonyl (C=S) groups is 1. The van der Waals surface area contributed by atoms with Gasteiger partial charge >= 0.3 is 0 Å². The van der Waals surface area contributed by atoms with Crippen LogP contribution >= 0.6 is 23.8 Å². The van der Waals surface area contributed by atoms with E-state index in [0.717, 1.165) is 28.1 Å². The lowest BCUT2D eigenvalue weighted by atomic mass is 10.1. The molecular formula is C14H11ClN2S. The molecule has 2 aromatic rings. The van der Waals surface area contributed by atoms with E-state index >= 15 is 0 Å². The average Bonchev–Trinajstić information content (AvgIpc) is 2.39. The van der Waals surface area contributed by atoms with E-state index in [4.69, 9.17) is 23.8 Å². The van der Waals surface area contributed by atoms with Crippen molar-refractivity contribution in [2.24, 2.45) is 0 Å². The molecule has 2 aromatic carbocycles. The molecule has 0 fully saturated rings. The molecule has 3 rings (SSSR count). The van der Waals surface area contributed by atoms with Crippen molar-refractivity contribution in [1.82, 2.24) is 0 Å². The highest BCUT2D eigenvalue weighted by molar-refractivity contribution is 7.80. The van der Waals surface area contributed by atoms with E-state index in [9.17, 15) is 0 Å². The molecule has 1 aliphatic rings. The van der Waals surface area contributed by atoms with E-state index in [2.05, 4.69) is 16.3 Å². The van der Waals surface area contributed by atoms with Gasteiger partial charge in [-0.25, -0.2) is 0 Å². The first-order valence-corrected chi connectivity index (χ1v) is 6.45. The van der Waals surface area contributed by atoms with Crippen LogP contribution < -0.4 is 10.2 Å². The molecule has 18 heavy (non-hydrogen) atoms. The SMILES string of the molecule is S=C1Nc2ccccc2CN1c1ccc(Cl)cc1. The van der Waals surface area contributed by atoms with Crippen molar-refractivity contribution in [2.75, 3.05) is 10.2 Å². The van der Waals surface area contributed by atoms with Gasteiger partial charge in [-0.1, -0.05) is 29.8 Å². The predicted octanol–water partition coefficient (Wildman–Crippen LogP) is 4.06. The van der Waals surface area contributed by atoms with Crippen molar-refractivity contribution >= 4 is 40.3 Å². The van der Waals surface area contributed by atoms with Crippen LogP contribution in [0.5, 0.6) is 0 Å². The fourth-order valence-corrected chi connectivity index (χ4v) is 2.44. The zero-order valence-corrected chi connectivity index (χ0v) is 11.1. The number of nitrogens with zero attached hydrogens (tertiary/aromatic N) is 1. The molecule has 0 spiro atoms. The maximum Gasteiger partial charge on any atom is 0.178 e. The van der Waals surface area contributed by atoms with Crippen LogP contribution in [-0.4, -0.2) is 5.11 Å². The number of rotatable bonds is 1. The summed E-state index contributed by atoms with van der Waals surface area (Å²) in [4.78, 5) is 2.06. The Labute approximate surface area is 116 Å². The Bertz CT molecular complexity index is 595. The highest BCUT2D eigenvalue weighted by Crippen LogP contribution is 2.27. The zero-order valence-electron chi connectivity index (χ0n) is 9.56. The molecule has 1 N–H and O–H groups in total. The van der Waals surface area contributed by atoms with Crippen LogP contribution in [0.25, 0.3) is 0 Å². The zero-order chi connectivity index (χ0) is 12.5. The second kappa shape index (κ2) is 4.59.